The molecular weight excluding hydrogens is 386 g/mol. The summed E-state index contributed by atoms with van der Waals surface area (Å²) in [5.41, 5.74) is 0. The minimum Gasteiger partial charge on any atom is -0.492 e. The highest BCUT2D eigenvalue weighted by molar-refractivity contribution is 7.89. The molecule has 142 valence electrons. The highest BCUT2D eigenvalue weighted by Crippen LogP contribution is 2.21. The lowest BCUT2D eigenvalue weighted by Crippen LogP contribution is -2.33. The lowest BCUT2D eigenvalue weighted by Gasteiger charge is -2.10. The van der Waals surface area contributed by atoms with Gasteiger partial charge in [-0.05, 0) is 36.4 Å². The van der Waals surface area contributed by atoms with Crippen LogP contribution in [0.15, 0.2) is 65.8 Å². The van der Waals surface area contributed by atoms with Crippen LogP contribution in [0.4, 0.5) is 0 Å². The fraction of sp³-hybridized carbons (Fsp3) is 0.211. The molecule has 1 heterocycles. The SMILES string of the molecule is O=S(=O)(NCCNCCOc1ccc(Cl)cc1)c1cccc2cnccc12. The molecule has 0 spiro atoms. The Hall–Kier alpha value is -2.19. The van der Waals surface area contributed by atoms with Crippen LogP contribution in [0.5, 0.6) is 5.75 Å². The van der Waals surface area contributed by atoms with E-state index in [1.54, 1.807) is 54.9 Å². The molecule has 0 radical (unpaired) electrons. The fourth-order valence-electron chi connectivity index (χ4n) is 2.58. The second kappa shape index (κ2) is 9.14. The van der Waals surface area contributed by atoms with Crippen LogP contribution < -0.4 is 14.8 Å². The third-order valence-corrected chi connectivity index (χ3v) is 5.66. The van der Waals surface area contributed by atoms with E-state index in [0.29, 0.717) is 30.1 Å². The van der Waals surface area contributed by atoms with Gasteiger partial charge >= 0.3 is 0 Å². The summed E-state index contributed by atoms with van der Waals surface area (Å²) in [4.78, 5) is 4.28. The van der Waals surface area contributed by atoms with Gasteiger partial charge in [-0.25, -0.2) is 13.1 Å². The van der Waals surface area contributed by atoms with E-state index in [1.165, 1.54) is 0 Å². The van der Waals surface area contributed by atoms with Crippen LogP contribution in [0.25, 0.3) is 10.8 Å². The number of ether oxygens (including phenoxy) is 1. The van der Waals surface area contributed by atoms with Crippen molar-refractivity contribution in [3.8, 4) is 5.75 Å². The summed E-state index contributed by atoms with van der Waals surface area (Å²) < 4.78 is 33.3. The second-order valence-electron chi connectivity index (χ2n) is 5.80. The molecule has 27 heavy (non-hydrogen) atoms. The zero-order valence-corrected chi connectivity index (χ0v) is 16.1. The van der Waals surface area contributed by atoms with Crippen LogP contribution in [-0.4, -0.2) is 39.6 Å². The fourth-order valence-corrected chi connectivity index (χ4v) is 3.96. The lowest BCUT2D eigenvalue weighted by atomic mass is 10.2. The molecule has 2 N–H and O–H groups in total. The first-order valence-corrected chi connectivity index (χ1v) is 10.3. The molecule has 0 unspecified atom stereocenters. The second-order valence-corrected chi connectivity index (χ2v) is 7.97. The number of sulfonamides is 1. The van der Waals surface area contributed by atoms with E-state index in [0.717, 1.165) is 11.1 Å². The van der Waals surface area contributed by atoms with Crippen LogP contribution in [-0.2, 0) is 10.0 Å². The molecule has 3 aromatic rings. The van der Waals surface area contributed by atoms with Gasteiger partial charge in [-0.3, -0.25) is 4.98 Å². The smallest absolute Gasteiger partial charge is 0.241 e. The average molecular weight is 406 g/mol. The molecule has 0 aliphatic rings. The van der Waals surface area contributed by atoms with E-state index in [2.05, 4.69) is 15.0 Å². The van der Waals surface area contributed by atoms with Gasteiger partial charge < -0.3 is 10.1 Å². The summed E-state index contributed by atoms with van der Waals surface area (Å²) in [5.74, 6) is 0.743. The van der Waals surface area contributed by atoms with Crippen molar-refractivity contribution in [3.63, 3.8) is 0 Å². The zero-order chi connectivity index (χ0) is 19.1. The van der Waals surface area contributed by atoms with Crippen molar-refractivity contribution in [1.82, 2.24) is 15.0 Å². The van der Waals surface area contributed by atoms with Gasteiger partial charge in [0.2, 0.25) is 10.0 Å². The maximum atomic E-state index is 12.6. The number of nitrogens with one attached hydrogen (secondary N) is 2. The first kappa shape index (κ1) is 19.6. The molecule has 0 aliphatic heterocycles. The van der Waals surface area contributed by atoms with Crippen LogP contribution in [0.3, 0.4) is 0 Å². The summed E-state index contributed by atoms with van der Waals surface area (Å²) in [6, 6.07) is 14.0. The first-order chi connectivity index (χ1) is 13.1. The van der Waals surface area contributed by atoms with Gasteiger partial charge in [-0.15, -0.1) is 0 Å². The molecule has 1 aromatic heterocycles. The summed E-state index contributed by atoms with van der Waals surface area (Å²) in [7, 11) is -3.59. The quantitative estimate of drug-likeness (QED) is 0.535. The number of nitrogens with zero attached hydrogens (tertiary/aromatic N) is 1. The van der Waals surface area contributed by atoms with E-state index < -0.39 is 10.0 Å². The van der Waals surface area contributed by atoms with Crippen LogP contribution in [0.2, 0.25) is 5.02 Å². The predicted molar refractivity (Wildman–Crippen MR) is 107 cm³/mol. The number of pyridine rings is 1. The molecule has 6 nitrogen and oxygen atoms in total. The molecule has 0 fully saturated rings. The van der Waals surface area contributed by atoms with Crippen LogP contribution in [0.1, 0.15) is 0 Å². The number of halogens is 1. The maximum Gasteiger partial charge on any atom is 0.241 e. The summed E-state index contributed by atoms with van der Waals surface area (Å²) in [5, 5.41) is 5.25. The first-order valence-electron chi connectivity index (χ1n) is 8.48. The maximum absolute atomic E-state index is 12.6. The largest absolute Gasteiger partial charge is 0.492 e. The van der Waals surface area contributed by atoms with Gasteiger partial charge in [0.1, 0.15) is 12.4 Å². The molecule has 0 saturated heterocycles. The van der Waals surface area contributed by atoms with Gasteiger partial charge in [0.05, 0.1) is 4.90 Å². The Morgan fingerprint density at radius 2 is 1.81 bits per heavy atom. The van der Waals surface area contributed by atoms with Gasteiger partial charge in [-0.1, -0.05) is 23.7 Å². The third-order valence-electron chi connectivity index (χ3n) is 3.89. The summed E-state index contributed by atoms with van der Waals surface area (Å²) >= 11 is 5.82. The Morgan fingerprint density at radius 3 is 2.63 bits per heavy atom. The standard InChI is InChI=1S/C19H20ClN3O3S/c20-16-4-6-17(7-5-16)26-13-12-21-10-11-23-27(24,25)19-3-1-2-15-14-22-9-8-18(15)19/h1-9,14,21,23H,10-13H2. The topological polar surface area (TPSA) is 80.3 Å². The molecule has 0 atom stereocenters. The minimum absolute atomic E-state index is 0.258. The Morgan fingerprint density at radius 1 is 1.00 bits per heavy atom. The number of fused-ring (bicyclic) bond motifs is 1. The predicted octanol–water partition coefficient (Wildman–Crippen LogP) is 2.84. The van der Waals surface area contributed by atoms with E-state index in [1.807, 2.05) is 6.07 Å². The summed E-state index contributed by atoms with van der Waals surface area (Å²) in [6.45, 7) is 1.86. The Kier molecular flexibility index (Phi) is 6.63. The van der Waals surface area contributed by atoms with Gasteiger partial charge in [-0.2, -0.15) is 0 Å². The van der Waals surface area contributed by atoms with Gasteiger partial charge in [0.15, 0.2) is 0 Å². The average Bonchev–Trinajstić information content (AvgIpc) is 2.68. The summed E-state index contributed by atoms with van der Waals surface area (Å²) in [6.07, 6.45) is 3.24. The molecule has 0 bridgehead atoms. The van der Waals surface area contributed by atoms with Crippen molar-refractivity contribution < 1.29 is 13.2 Å². The highest BCUT2D eigenvalue weighted by atomic mass is 35.5. The zero-order valence-electron chi connectivity index (χ0n) is 14.6. The molecule has 0 saturated carbocycles. The Balaban J connectivity index is 1.43. The van der Waals surface area contributed by atoms with Gasteiger partial charge in [0.25, 0.3) is 0 Å². The third kappa shape index (κ3) is 5.40. The number of benzene rings is 2. The molecule has 3 rings (SSSR count). The molecule has 8 heteroatoms. The van der Waals surface area contributed by atoms with Crippen molar-refractivity contribution in [2.45, 2.75) is 4.90 Å². The van der Waals surface area contributed by atoms with E-state index in [4.69, 9.17) is 16.3 Å². The Bertz CT molecular complexity index is 989. The lowest BCUT2D eigenvalue weighted by molar-refractivity contribution is 0.314. The van der Waals surface area contributed by atoms with E-state index >= 15 is 0 Å². The normalized spacial score (nSPS) is 11.6. The van der Waals surface area contributed by atoms with E-state index in [9.17, 15) is 8.42 Å². The van der Waals surface area contributed by atoms with Crippen LogP contribution in [0, 0.1) is 0 Å². The van der Waals surface area contributed by atoms with E-state index in [-0.39, 0.29) is 11.4 Å². The van der Waals surface area contributed by atoms with Crippen molar-refractivity contribution in [2.24, 2.45) is 0 Å². The monoisotopic (exact) mass is 405 g/mol. The van der Waals surface area contributed by atoms with Crippen molar-refractivity contribution in [3.05, 3.63) is 65.9 Å². The molecule has 2 aromatic carbocycles. The Labute approximate surface area is 163 Å². The van der Waals surface area contributed by atoms with Gasteiger partial charge in [0, 0.05) is 47.8 Å². The molecule has 0 aliphatic carbocycles. The molecular formula is C19H20ClN3O3S. The van der Waals surface area contributed by atoms with Crippen LogP contribution >= 0.6 is 11.6 Å². The van der Waals surface area contributed by atoms with Crippen molar-refractivity contribution in [2.75, 3.05) is 26.2 Å². The number of hydrogen-bond donors (Lipinski definition) is 2. The van der Waals surface area contributed by atoms with Crippen molar-refractivity contribution in [1.29, 1.82) is 0 Å². The number of aromatic nitrogens is 1. The number of rotatable bonds is 9. The minimum atomic E-state index is -3.59. The highest BCUT2D eigenvalue weighted by Gasteiger charge is 2.16. The molecule has 0 amide bonds. The number of hydrogen-bond acceptors (Lipinski definition) is 5. The van der Waals surface area contributed by atoms with Crippen molar-refractivity contribution >= 4 is 32.4 Å².